The van der Waals surface area contributed by atoms with E-state index in [1.807, 2.05) is 13.0 Å². The van der Waals surface area contributed by atoms with Crippen molar-refractivity contribution in [1.82, 2.24) is 20.2 Å². The topological polar surface area (TPSA) is 67.4 Å². The van der Waals surface area contributed by atoms with E-state index in [4.69, 9.17) is 4.74 Å². The van der Waals surface area contributed by atoms with Crippen molar-refractivity contribution in [3.8, 4) is 0 Å². The molecule has 6 heteroatoms. The van der Waals surface area contributed by atoms with Crippen molar-refractivity contribution < 1.29 is 9.53 Å². The van der Waals surface area contributed by atoms with Crippen LogP contribution < -0.4 is 5.32 Å². The van der Waals surface area contributed by atoms with Crippen LogP contribution in [0.2, 0.25) is 0 Å². The Kier molecular flexibility index (Phi) is 6.07. The van der Waals surface area contributed by atoms with Gasteiger partial charge in [0.1, 0.15) is 5.82 Å². The molecule has 1 aromatic rings. The van der Waals surface area contributed by atoms with Gasteiger partial charge in [0, 0.05) is 19.3 Å². The minimum atomic E-state index is -0.147. The third-order valence-corrected chi connectivity index (χ3v) is 4.02. The average molecular weight is 320 g/mol. The first kappa shape index (κ1) is 17.8. The van der Waals surface area contributed by atoms with Gasteiger partial charge in [0.2, 0.25) is 5.91 Å². The second kappa shape index (κ2) is 7.84. The zero-order valence-electron chi connectivity index (χ0n) is 14.7. The highest BCUT2D eigenvalue weighted by Gasteiger charge is 2.33. The standard InChI is InChI=1S/C17H28N4O2/c1-11(2)16(21-9-12(3)23-13(4)10-21)17(22)19-8-15-6-7-18-14(5)20-15/h6-7,11-13,16H,8-10H2,1-5H3,(H,19,22)/t12-,13+,16-/m1/s1. The molecular weight excluding hydrogens is 292 g/mol. The van der Waals surface area contributed by atoms with Crippen LogP contribution in [0.4, 0.5) is 0 Å². The smallest absolute Gasteiger partial charge is 0.237 e. The number of carbonyl (C=O) groups excluding carboxylic acids is 1. The quantitative estimate of drug-likeness (QED) is 0.891. The maximum Gasteiger partial charge on any atom is 0.237 e. The van der Waals surface area contributed by atoms with Crippen LogP contribution in [-0.4, -0.2) is 52.1 Å². The fraction of sp³-hybridized carbons (Fsp3) is 0.706. The van der Waals surface area contributed by atoms with Crippen LogP contribution in [0.3, 0.4) is 0 Å². The predicted octanol–water partition coefficient (Wildman–Crippen LogP) is 1.54. The molecule has 0 bridgehead atoms. The Morgan fingerprint density at radius 2 is 2.04 bits per heavy atom. The van der Waals surface area contributed by atoms with Gasteiger partial charge in [-0.3, -0.25) is 9.69 Å². The Morgan fingerprint density at radius 3 is 2.61 bits per heavy atom. The lowest BCUT2D eigenvalue weighted by Crippen LogP contribution is -2.56. The molecule has 1 aromatic heterocycles. The monoisotopic (exact) mass is 320 g/mol. The molecule has 0 saturated carbocycles. The first-order valence-electron chi connectivity index (χ1n) is 8.32. The third-order valence-electron chi connectivity index (χ3n) is 4.02. The summed E-state index contributed by atoms with van der Waals surface area (Å²) in [5, 5.41) is 3.02. The summed E-state index contributed by atoms with van der Waals surface area (Å²) in [5.41, 5.74) is 0.831. The Hall–Kier alpha value is -1.53. The van der Waals surface area contributed by atoms with Gasteiger partial charge >= 0.3 is 0 Å². The first-order valence-corrected chi connectivity index (χ1v) is 8.32. The van der Waals surface area contributed by atoms with E-state index in [0.29, 0.717) is 12.4 Å². The summed E-state index contributed by atoms with van der Waals surface area (Å²) in [6.07, 6.45) is 2.02. The van der Waals surface area contributed by atoms with E-state index in [1.165, 1.54) is 0 Å². The molecule has 1 aliphatic rings. The van der Waals surface area contributed by atoms with Crippen LogP contribution in [0.25, 0.3) is 0 Å². The van der Waals surface area contributed by atoms with Gasteiger partial charge in [-0.2, -0.15) is 0 Å². The van der Waals surface area contributed by atoms with E-state index in [9.17, 15) is 4.79 Å². The molecule has 0 aromatic carbocycles. The second-order valence-corrected chi connectivity index (χ2v) is 6.71. The number of nitrogens with zero attached hydrogens (tertiary/aromatic N) is 3. The lowest BCUT2D eigenvalue weighted by molar-refractivity contribution is -0.135. The number of hydrogen-bond donors (Lipinski definition) is 1. The van der Waals surface area contributed by atoms with E-state index in [-0.39, 0.29) is 30.1 Å². The molecule has 2 rings (SSSR count). The molecule has 1 saturated heterocycles. The fourth-order valence-corrected chi connectivity index (χ4v) is 3.22. The number of carbonyl (C=O) groups is 1. The molecule has 6 nitrogen and oxygen atoms in total. The maximum absolute atomic E-state index is 12.7. The lowest BCUT2D eigenvalue weighted by Gasteiger charge is -2.41. The summed E-state index contributed by atoms with van der Waals surface area (Å²) in [6, 6.07) is 1.68. The maximum atomic E-state index is 12.7. The van der Waals surface area contributed by atoms with Gasteiger partial charge in [0.05, 0.1) is 30.5 Å². The van der Waals surface area contributed by atoms with Crippen molar-refractivity contribution in [3.63, 3.8) is 0 Å². The highest BCUT2D eigenvalue weighted by molar-refractivity contribution is 5.82. The summed E-state index contributed by atoms with van der Waals surface area (Å²) < 4.78 is 5.78. The van der Waals surface area contributed by atoms with Crippen LogP contribution in [0.15, 0.2) is 12.3 Å². The number of ether oxygens (including phenoxy) is 1. The van der Waals surface area contributed by atoms with Crippen molar-refractivity contribution in [2.24, 2.45) is 5.92 Å². The Morgan fingerprint density at radius 1 is 1.39 bits per heavy atom. The molecule has 0 radical (unpaired) electrons. The fourth-order valence-electron chi connectivity index (χ4n) is 3.22. The van der Waals surface area contributed by atoms with Gasteiger partial charge in [-0.1, -0.05) is 13.8 Å². The van der Waals surface area contributed by atoms with E-state index in [0.717, 1.165) is 18.8 Å². The minimum absolute atomic E-state index is 0.0533. The predicted molar refractivity (Wildman–Crippen MR) is 88.8 cm³/mol. The molecule has 3 atom stereocenters. The summed E-state index contributed by atoms with van der Waals surface area (Å²) in [4.78, 5) is 23.4. The van der Waals surface area contributed by atoms with Crippen molar-refractivity contribution in [2.45, 2.75) is 59.4 Å². The minimum Gasteiger partial charge on any atom is -0.373 e. The van der Waals surface area contributed by atoms with E-state index in [2.05, 4.69) is 47.9 Å². The molecule has 0 spiro atoms. The largest absolute Gasteiger partial charge is 0.373 e. The summed E-state index contributed by atoms with van der Waals surface area (Å²) in [6.45, 7) is 12.1. The van der Waals surface area contributed by atoms with Gasteiger partial charge in [0.25, 0.3) is 0 Å². The van der Waals surface area contributed by atoms with Crippen LogP contribution in [0, 0.1) is 12.8 Å². The highest BCUT2D eigenvalue weighted by atomic mass is 16.5. The molecule has 128 valence electrons. The van der Waals surface area contributed by atoms with Gasteiger partial charge in [-0.05, 0) is 32.8 Å². The zero-order chi connectivity index (χ0) is 17.0. The van der Waals surface area contributed by atoms with E-state index < -0.39 is 0 Å². The Bertz CT molecular complexity index is 525. The molecular formula is C17H28N4O2. The van der Waals surface area contributed by atoms with Crippen LogP contribution >= 0.6 is 0 Å². The van der Waals surface area contributed by atoms with Crippen molar-refractivity contribution in [1.29, 1.82) is 0 Å². The van der Waals surface area contributed by atoms with Crippen molar-refractivity contribution >= 4 is 5.91 Å². The molecule has 0 unspecified atom stereocenters. The average Bonchev–Trinajstić information content (AvgIpc) is 2.44. The third kappa shape index (κ3) is 4.97. The Labute approximate surface area is 138 Å². The molecule has 1 amide bonds. The molecule has 23 heavy (non-hydrogen) atoms. The first-order chi connectivity index (χ1) is 10.9. The molecule has 1 fully saturated rings. The van der Waals surface area contributed by atoms with Crippen LogP contribution in [0.1, 0.15) is 39.2 Å². The van der Waals surface area contributed by atoms with Crippen molar-refractivity contribution in [3.05, 3.63) is 23.8 Å². The van der Waals surface area contributed by atoms with Gasteiger partial charge in [-0.25, -0.2) is 9.97 Å². The molecule has 0 aliphatic carbocycles. The van der Waals surface area contributed by atoms with Gasteiger partial charge < -0.3 is 10.1 Å². The number of amides is 1. The molecule has 1 aliphatic heterocycles. The lowest BCUT2D eigenvalue weighted by atomic mass is 9.99. The van der Waals surface area contributed by atoms with Gasteiger partial charge in [0.15, 0.2) is 0 Å². The van der Waals surface area contributed by atoms with Crippen LogP contribution in [0.5, 0.6) is 0 Å². The highest BCUT2D eigenvalue weighted by Crippen LogP contribution is 2.18. The summed E-state index contributed by atoms with van der Waals surface area (Å²) >= 11 is 0. The number of hydrogen-bond acceptors (Lipinski definition) is 5. The summed E-state index contributed by atoms with van der Waals surface area (Å²) in [7, 11) is 0. The summed E-state index contributed by atoms with van der Waals surface area (Å²) in [5.74, 6) is 1.00. The number of aromatic nitrogens is 2. The number of aryl methyl sites for hydroxylation is 1. The number of morpholine rings is 1. The Balaban J connectivity index is 2.01. The van der Waals surface area contributed by atoms with Gasteiger partial charge in [-0.15, -0.1) is 0 Å². The SMILES string of the molecule is Cc1nccc(CNC(=O)[C@@H](C(C)C)N2C[C@@H](C)O[C@@H](C)C2)n1. The normalized spacial score (nSPS) is 23.7. The van der Waals surface area contributed by atoms with Crippen molar-refractivity contribution in [2.75, 3.05) is 13.1 Å². The van der Waals surface area contributed by atoms with E-state index >= 15 is 0 Å². The molecule has 2 heterocycles. The van der Waals surface area contributed by atoms with E-state index in [1.54, 1.807) is 6.20 Å². The number of rotatable bonds is 5. The number of nitrogens with one attached hydrogen (secondary N) is 1. The van der Waals surface area contributed by atoms with Crippen LogP contribution in [-0.2, 0) is 16.1 Å². The molecule has 1 N–H and O–H groups in total. The second-order valence-electron chi connectivity index (χ2n) is 6.71. The zero-order valence-corrected chi connectivity index (χ0v) is 14.7.